The molecule has 0 atom stereocenters. The average molecular weight is 217 g/mol. The first-order valence-electron chi connectivity index (χ1n) is 4.89. The van der Waals surface area contributed by atoms with Gasteiger partial charge in [0.25, 0.3) is 0 Å². The zero-order valence-corrected chi connectivity index (χ0v) is 8.80. The zero-order valence-electron chi connectivity index (χ0n) is 8.80. The summed E-state index contributed by atoms with van der Waals surface area (Å²) in [6, 6.07) is 6.95. The molecule has 0 aliphatic heterocycles. The number of hydrogen-bond acceptors (Lipinski definition) is 4. The molecule has 4 heteroatoms. The number of carbonyl (C=O) groups is 1. The van der Waals surface area contributed by atoms with Crippen LogP contribution in [-0.2, 0) is 6.42 Å². The van der Waals surface area contributed by atoms with E-state index in [1.54, 1.807) is 18.2 Å². The molecule has 1 aromatic heterocycles. The van der Waals surface area contributed by atoms with E-state index in [0.717, 1.165) is 5.56 Å². The van der Waals surface area contributed by atoms with Gasteiger partial charge in [-0.05, 0) is 6.07 Å². The molecule has 0 aliphatic carbocycles. The summed E-state index contributed by atoms with van der Waals surface area (Å²) < 4.78 is 5.23. The van der Waals surface area contributed by atoms with Crippen molar-refractivity contribution in [1.29, 1.82) is 0 Å². The van der Waals surface area contributed by atoms with Crippen molar-refractivity contribution in [2.75, 3.05) is 0 Å². The third kappa shape index (κ3) is 2.11. The van der Waals surface area contributed by atoms with Crippen LogP contribution in [0.5, 0.6) is 5.75 Å². The van der Waals surface area contributed by atoms with Crippen molar-refractivity contribution < 1.29 is 14.3 Å². The van der Waals surface area contributed by atoms with E-state index < -0.39 is 0 Å². The van der Waals surface area contributed by atoms with Crippen LogP contribution >= 0.6 is 0 Å². The molecule has 0 unspecified atom stereocenters. The molecule has 0 amide bonds. The normalized spacial score (nSPS) is 10.3. The minimum absolute atomic E-state index is 0.156. The van der Waals surface area contributed by atoms with Crippen molar-refractivity contribution >= 4 is 5.78 Å². The monoisotopic (exact) mass is 217 g/mol. The second-order valence-corrected chi connectivity index (χ2v) is 3.48. The van der Waals surface area contributed by atoms with Crippen molar-refractivity contribution in [1.82, 2.24) is 4.98 Å². The number of Topliss-reactive ketones (excluding diaryl/α,β-unsaturated/α-hetero) is 1. The van der Waals surface area contributed by atoms with Crippen LogP contribution in [0.2, 0.25) is 0 Å². The molecule has 0 saturated heterocycles. The Morgan fingerprint density at radius 3 is 2.81 bits per heavy atom. The number of carbonyl (C=O) groups excluding carboxylic acids is 1. The minimum atomic E-state index is -0.156. The van der Waals surface area contributed by atoms with Gasteiger partial charge in [0.1, 0.15) is 5.75 Å². The van der Waals surface area contributed by atoms with Crippen LogP contribution in [0.3, 0.4) is 0 Å². The van der Waals surface area contributed by atoms with Gasteiger partial charge in [-0.15, -0.1) is 0 Å². The fourth-order valence-electron chi connectivity index (χ4n) is 1.38. The standard InChI is InChI=1S/C12H11NO3/c1-8(14)11-7-13-12(16-11)6-9-4-2-3-5-10(9)15/h2-5,7,15H,6H2,1H3. The lowest BCUT2D eigenvalue weighted by Crippen LogP contribution is -1.89. The number of nitrogens with zero attached hydrogens (tertiary/aromatic N) is 1. The van der Waals surface area contributed by atoms with E-state index in [1.807, 2.05) is 6.07 Å². The highest BCUT2D eigenvalue weighted by molar-refractivity contribution is 5.90. The quantitative estimate of drug-likeness (QED) is 0.800. The Labute approximate surface area is 92.6 Å². The van der Waals surface area contributed by atoms with E-state index in [4.69, 9.17) is 4.42 Å². The number of hydrogen-bond donors (Lipinski definition) is 1. The van der Waals surface area contributed by atoms with Gasteiger partial charge in [0.2, 0.25) is 0 Å². The second-order valence-electron chi connectivity index (χ2n) is 3.48. The van der Waals surface area contributed by atoms with E-state index in [1.165, 1.54) is 13.1 Å². The molecule has 2 rings (SSSR count). The molecule has 2 aromatic rings. The van der Waals surface area contributed by atoms with E-state index in [-0.39, 0.29) is 17.3 Å². The molecular weight excluding hydrogens is 206 g/mol. The first-order chi connectivity index (χ1) is 7.66. The van der Waals surface area contributed by atoms with E-state index in [0.29, 0.717) is 12.3 Å². The summed E-state index contributed by atoms with van der Waals surface area (Å²) in [6.45, 7) is 1.42. The number of phenolic OH excluding ortho intramolecular Hbond substituents is 1. The Hall–Kier alpha value is -2.10. The average Bonchev–Trinajstić information content (AvgIpc) is 2.70. The van der Waals surface area contributed by atoms with Gasteiger partial charge in [0.05, 0.1) is 12.6 Å². The summed E-state index contributed by atoms with van der Waals surface area (Å²) in [6.07, 6.45) is 1.78. The van der Waals surface area contributed by atoms with E-state index in [9.17, 15) is 9.90 Å². The molecule has 4 nitrogen and oxygen atoms in total. The number of aromatic nitrogens is 1. The lowest BCUT2D eigenvalue weighted by atomic mass is 10.1. The Morgan fingerprint density at radius 2 is 2.19 bits per heavy atom. The maximum atomic E-state index is 11.0. The van der Waals surface area contributed by atoms with Gasteiger partial charge in [0, 0.05) is 12.5 Å². The van der Waals surface area contributed by atoms with Crippen LogP contribution in [0.25, 0.3) is 0 Å². The van der Waals surface area contributed by atoms with Gasteiger partial charge in [-0.25, -0.2) is 4.98 Å². The van der Waals surface area contributed by atoms with Crippen LogP contribution < -0.4 is 0 Å². The van der Waals surface area contributed by atoms with Crippen LogP contribution in [0.1, 0.15) is 28.9 Å². The smallest absolute Gasteiger partial charge is 0.199 e. The Morgan fingerprint density at radius 1 is 1.44 bits per heavy atom. The molecule has 82 valence electrons. The van der Waals surface area contributed by atoms with Crippen LogP contribution in [0.15, 0.2) is 34.9 Å². The van der Waals surface area contributed by atoms with Gasteiger partial charge >= 0.3 is 0 Å². The fraction of sp³-hybridized carbons (Fsp3) is 0.167. The van der Waals surface area contributed by atoms with Crippen molar-refractivity contribution in [3.8, 4) is 5.75 Å². The Bertz CT molecular complexity index is 516. The molecule has 0 bridgehead atoms. The predicted molar refractivity (Wildman–Crippen MR) is 57.4 cm³/mol. The number of oxazole rings is 1. The van der Waals surface area contributed by atoms with Gasteiger partial charge in [-0.3, -0.25) is 4.79 Å². The summed E-state index contributed by atoms with van der Waals surface area (Å²) in [7, 11) is 0. The minimum Gasteiger partial charge on any atom is -0.508 e. The maximum absolute atomic E-state index is 11.0. The zero-order chi connectivity index (χ0) is 11.5. The van der Waals surface area contributed by atoms with Gasteiger partial charge < -0.3 is 9.52 Å². The fourth-order valence-corrected chi connectivity index (χ4v) is 1.38. The second kappa shape index (κ2) is 4.18. The van der Waals surface area contributed by atoms with Gasteiger partial charge in [0.15, 0.2) is 17.4 Å². The van der Waals surface area contributed by atoms with Crippen LogP contribution in [0, 0.1) is 0 Å². The molecule has 0 radical (unpaired) electrons. The maximum Gasteiger partial charge on any atom is 0.199 e. The SMILES string of the molecule is CC(=O)c1cnc(Cc2ccccc2O)o1. The number of rotatable bonds is 3. The topological polar surface area (TPSA) is 63.3 Å². The molecule has 0 fully saturated rings. The van der Waals surface area contributed by atoms with Crippen molar-refractivity contribution in [2.24, 2.45) is 0 Å². The number of para-hydroxylation sites is 1. The first-order valence-corrected chi connectivity index (χ1v) is 4.89. The highest BCUT2D eigenvalue weighted by Crippen LogP contribution is 2.19. The molecule has 16 heavy (non-hydrogen) atoms. The third-order valence-corrected chi connectivity index (χ3v) is 2.23. The Balaban J connectivity index is 2.21. The summed E-state index contributed by atoms with van der Waals surface area (Å²) in [4.78, 5) is 15.0. The third-order valence-electron chi connectivity index (χ3n) is 2.23. The molecule has 0 spiro atoms. The molecule has 0 saturated carbocycles. The number of benzene rings is 1. The summed E-state index contributed by atoms with van der Waals surface area (Å²) >= 11 is 0. The molecule has 1 N–H and O–H groups in total. The molecule has 1 heterocycles. The summed E-state index contributed by atoms with van der Waals surface area (Å²) in [5, 5.41) is 9.55. The number of ketones is 1. The molecule has 1 aromatic carbocycles. The highest BCUT2D eigenvalue weighted by Gasteiger charge is 2.09. The van der Waals surface area contributed by atoms with Gasteiger partial charge in [-0.1, -0.05) is 18.2 Å². The number of aromatic hydroxyl groups is 1. The van der Waals surface area contributed by atoms with Crippen LogP contribution in [-0.4, -0.2) is 15.9 Å². The molecular formula is C12H11NO3. The highest BCUT2D eigenvalue weighted by atomic mass is 16.4. The van der Waals surface area contributed by atoms with Crippen LogP contribution in [0.4, 0.5) is 0 Å². The van der Waals surface area contributed by atoms with Crippen molar-refractivity contribution in [3.05, 3.63) is 47.7 Å². The summed E-state index contributed by atoms with van der Waals surface area (Å²) in [5.74, 6) is 0.707. The van der Waals surface area contributed by atoms with E-state index in [2.05, 4.69) is 4.98 Å². The lowest BCUT2D eigenvalue weighted by Gasteiger charge is -2.00. The van der Waals surface area contributed by atoms with Crippen molar-refractivity contribution in [3.63, 3.8) is 0 Å². The van der Waals surface area contributed by atoms with Gasteiger partial charge in [-0.2, -0.15) is 0 Å². The lowest BCUT2D eigenvalue weighted by molar-refractivity contribution is 0.0985. The summed E-state index contributed by atoms with van der Waals surface area (Å²) in [5.41, 5.74) is 0.722. The predicted octanol–water partition coefficient (Wildman–Crippen LogP) is 2.17. The largest absolute Gasteiger partial charge is 0.508 e. The van der Waals surface area contributed by atoms with Crippen molar-refractivity contribution in [2.45, 2.75) is 13.3 Å². The Kier molecular flexibility index (Phi) is 2.72. The number of phenols is 1. The first kappa shape index (κ1) is 10.4. The van der Waals surface area contributed by atoms with E-state index >= 15 is 0 Å². The molecule has 0 aliphatic rings.